The molecule has 90 valence electrons. The fraction of sp³-hybridized carbons (Fsp3) is 0. The van der Waals surface area contributed by atoms with Crippen molar-refractivity contribution < 1.29 is 14.4 Å². The van der Waals surface area contributed by atoms with E-state index in [1.165, 1.54) is 24.3 Å². The smallest absolute Gasteiger partial charge is 0.312 e. The highest BCUT2D eigenvalue weighted by atomic mass is 127. The summed E-state index contributed by atoms with van der Waals surface area (Å²) in [5.74, 6) is -0.643. The summed E-state index contributed by atoms with van der Waals surface area (Å²) in [5, 5.41) is 3.66. The molecule has 1 aromatic rings. The largest absolute Gasteiger partial charge is 0.365 e. The van der Waals surface area contributed by atoms with E-state index in [2.05, 4.69) is 27.7 Å². The molecule has 0 aromatic heterocycles. The zero-order chi connectivity index (χ0) is 13.0. The maximum atomic E-state index is 11.6. The second kappa shape index (κ2) is 5.72. The van der Waals surface area contributed by atoms with E-state index < -0.39 is 5.97 Å². The van der Waals surface area contributed by atoms with Crippen LogP contribution in [0.4, 0.5) is 0 Å². The summed E-state index contributed by atoms with van der Waals surface area (Å²) in [6, 6.07) is 6.95. The van der Waals surface area contributed by atoms with E-state index in [0.29, 0.717) is 11.3 Å². The van der Waals surface area contributed by atoms with Crippen molar-refractivity contribution in [3.8, 4) is 0 Å². The third-order valence-electron chi connectivity index (χ3n) is 2.15. The molecule has 0 fully saturated rings. The van der Waals surface area contributed by atoms with Gasteiger partial charge in [0.2, 0.25) is 0 Å². The Balaban J connectivity index is 2.02. The van der Waals surface area contributed by atoms with Crippen LogP contribution < -0.4 is 0 Å². The third-order valence-corrected chi connectivity index (χ3v) is 2.87. The van der Waals surface area contributed by atoms with Gasteiger partial charge in [-0.2, -0.15) is 0 Å². The predicted octanol–water partition coefficient (Wildman–Crippen LogP) is 2.50. The first-order chi connectivity index (χ1) is 8.65. The summed E-state index contributed by atoms with van der Waals surface area (Å²) in [7, 11) is 0. The van der Waals surface area contributed by atoms with Crippen molar-refractivity contribution in [2.45, 2.75) is 0 Å². The summed E-state index contributed by atoms with van der Waals surface area (Å²) in [4.78, 5) is 27.3. The van der Waals surface area contributed by atoms with Gasteiger partial charge in [-0.3, -0.25) is 4.79 Å². The Morgan fingerprint density at radius 3 is 2.28 bits per heavy atom. The molecule has 1 aliphatic rings. The first-order valence-electron chi connectivity index (χ1n) is 5.10. The summed E-state index contributed by atoms with van der Waals surface area (Å²) in [6.45, 7) is 0. The van der Waals surface area contributed by atoms with Crippen molar-refractivity contribution in [1.29, 1.82) is 0 Å². The lowest BCUT2D eigenvalue weighted by Crippen LogP contribution is -2.04. The highest BCUT2D eigenvalue weighted by Gasteiger charge is 2.07. The Morgan fingerprint density at radius 1 is 1.06 bits per heavy atom. The second-order valence-electron chi connectivity index (χ2n) is 3.47. The van der Waals surface area contributed by atoms with E-state index in [1.807, 2.05) is 12.1 Å². The maximum absolute atomic E-state index is 11.6. The van der Waals surface area contributed by atoms with Crippen LogP contribution in [-0.2, 0) is 9.63 Å². The number of hydrogen-bond donors (Lipinski definition) is 0. The van der Waals surface area contributed by atoms with Gasteiger partial charge in [0.05, 0.1) is 5.56 Å². The monoisotopic (exact) mass is 353 g/mol. The van der Waals surface area contributed by atoms with Gasteiger partial charge in [-0.05, 0) is 71.2 Å². The van der Waals surface area contributed by atoms with E-state index >= 15 is 0 Å². The molecule has 0 N–H and O–H groups in total. The number of hydrogen-bond acceptors (Lipinski definition) is 4. The van der Waals surface area contributed by atoms with Crippen molar-refractivity contribution in [2.75, 3.05) is 0 Å². The fourth-order valence-electron chi connectivity index (χ4n) is 1.24. The normalized spacial score (nSPS) is 13.6. The van der Waals surface area contributed by atoms with Crippen molar-refractivity contribution >= 4 is 40.1 Å². The van der Waals surface area contributed by atoms with Gasteiger partial charge in [0.15, 0.2) is 5.78 Å². The van der Waals surface area contributed by atoms with E-state index in [9.17, 15) is 9.59 Å². The number of carbonyl (C=O) groups excluding carboxylic acids is 2. The molecule has 0 atom stereocenters. The molecule has 0 aliphatic heterocycles. The molecule has 18 heavy (non-hydrogen) atoms. The second-order valence-corrected chi connectivity index (χ2v) is 4.72. The van der Waals surface area contributed by atoms with Crippen LogP contribution in [0.5, 0.6) is 0 Å². The number of halogens is 1. The summed E-state index contributed by atoms with van der Waals surface area (Å²) >= 11 is 2.15. The lowest BCUT2D eigenvalue weighted by Gasteiger charge is -2.00. The lowest BCUT2D eigenvalue weighted by molar-refractivity contribution is -0.110. The van der Waals surface area contributed by atoms with E-state index in [1.54, 1.807) is 12.1 Å². The van der Waals surface area contributed by atoms with Crippen LogP contribution in [-0.4, -0.2) is 17.5 Å². The number of rotatable bonds is 2. The quantitative estimate of drug-likeness (QED) is 0.355. The fourth-order valence-corrected chi connectivity index (χ4v) is 1.60. The van der Waals surface area contributed by atoms with Crippen LogP contribution in [0, 0.1) is 3.57 Å². The minimum atomic E-state index is -0.530. The average molecular weight is 353 g/mol. The minimum absolute atomic E-state index is 0.113. The maximum Gasteiger partial charge on any atom is 0.365 e. The SMILES string of the molecule is O=C1C=CC(=NOC(=O)c2ccc(I)cc2)C=C1. The molecule has 0 bridgehead atoms. The molecule has 0 spiro atoms. The number of benzene rings is 1. The highest BCUT2D eigenvalue weighted by Crippen LogP contribution is 2.08. The van der Waals surface area contributed by atoms with Gasteiger partial charge in [0, 0.05) is 3.57 Å². The van der Waals surface area contributed by atoms with Crippen molar-refractivity contribution in [3.63, 3.8) is 0 Å². The van der Waals surface area contributed by atoms with Crippen LogP contribution in [0.2, 0.25) is 0 Å². The van der Waals surface area contributed by atoms with Crippen LogP contribution in [0.1, 0.15) is 10.4 Å². The Morgan fingerprint density at radius 2 is 1.67 bits per heavy atom. The summed E-state index contributed by atoms with van der Waals surface area (Å²) in [5.41, 5.74) is 0.855. The molecule has 2 rings (SSSR count). The Bertz CT molecular complexity index is 552. The Hall–Kier alpha value is -1.76. The summed E-state index contributed by atoms with van der Waals surface area (Å²) < 4.78 is 1.03. The van der Waals surface area contributed by atoms with Crippen LogP contribution in [0.25, 0.3) is 0 Å². The number of ketones is 1. The first kappa shape index (κ1) is 12.7. The van der Waals surface area contributed by atoms with Crippen LogP contribution in [0.3, 0.4) is 0 Å². The predicted molar refractivity (Wildman–Crippen MR) is 75.3 cm³/mol. The molecule has 4 nitrogen and oxygen atoms in total. The Kier molecular flexibility index (Phi) is 4.03. The number of nitrogens with zero attached hydrogens (tertiary/aromatic N) is 1. The topological polar surface area (TPSA) is 55.7 Å². The van der Waals surface area contributed by atoms with Gasteiger partial charge >= 0.3 is 5.97 Å². The van der Waals surface area contributed by atoms with E-state index in [-0.39, 0.29) is 5.78 Å². The average Bonchev–Trinajstić information content (AvgIpc) is 2.38. The number of oxime groups is 1. The molecule has 0 amide bonds. The number of carbonyl (C=O) groups is 2. The number of allylic oxidation sites excluding steroid dienone is 4. The van der Waals surface area contributed by atoms with Crippen molar-refractivity contribution in [3.05, 3.63) is 57.7 Å². The standard InChI is InChI=1S/C13H8INO3/c14-10-3-1-9(2-4-10)13(17)18-15-11-5-7-12(16)8-6-11/h1-8H. The van der Waals surface area contributed by atoms with Crippen molar-refractivity contribution in [1.82, 2.24) is 0 Å². The molecule has 0 unspecified atom stereocenters. The molecular weight excluding hydrogens is 345 g/mol. The molecule has 0 radical (unpaired) electrons. The molecule has 0 saturated heterocycles. The van der Waals surface area contributed by atoms with Gasteiger partial charge in [-0.1, -0.05) is 5.16 Å². The zero-order valence-corrected chi connectivity index (χ0v) is 11.3. The zero-order valence-electron chi connectivity index (χ0n) is 9.17. The molecule has 5 heteroatoms. The molecule has 1 aliphatic carbocycles. The van der Waals surface area contributed by atoms with Gasteiger partial charge in [0.1, 0.15) is 5.71 Å². The van der Waals surface area contributed by atoms with Crippen LogP contribution >= 0.6 is 22.6 Å². The summed E-state index contributed by atoms with van der Waals surface area (Å²) in [6.07, 6.45) is 5.70. The van der Waals surface area contributed by atoms with Crippen LogP contribution in [0.15, 0.2) is 53.7 Å². The third kappa shape index (κ3) is 3.36. The van der Waals surface area contributed by atoms with E-state index in [0.717, 1.165) is 3.57 Å². The molecular formula is C13H8INO3. The Labute approximate surface area is 117 Å². The molecule has 0 saturated carbocycles. The minimum Gasteiger partial charge on any atom is -0.312 e. The highest BCUT2D eigenvalue weighted by molar-refractivity contribution is 14.1. The lowest BCUT2D eigenvalue weighted by atomic mass is 10.2. The first-order valence-corrected chi connectivity index (χ1v) is 6.18. The van der Waals surface area contributed by atoms with Crippen molar-refractivity contribution in [2.24, 2.45) is 5.16 Å². The molecule has 1 aromatic carbocycles. The molecule has 0 heterocycles. The van der Waals surface area contributed by atoms with Gasteiger partial charge in [-0.15, -0.1) is 0 Å². The van der Waals surface area contributed by atoms with Gasteiger partial charge in [0.25, 0.3) is 0 Å². The van der Waals surface area contributed by atoms with Gasteiger partial charge in [-0.25, -0.2) is 4.79 Å². The van der Waals surface area contributed by atoms with E-state index in [4.69, 9.17) is 4.84 Å². The van der Waals surface area contributed by atoms with Gasteiger partial charge < -0.3 is 4.84 Å².